The van der Waals surface area contributed by atoms with Crippen molar-refractivity contribution in [2.24, 2.45) is 0 Å². The standard InChI is InChI=1S/C17H14ClF3N4O3/c18-12-5-10(17(19,20)21)7-23-15(12)25-14(26)8-28-16(27)9-1-4-13(22-6-9)24-11-2-3-11/h1,4-7,11H,2-3,8H2,(H,22,24)(H,23,25,26). The summed E-state index contributed by atoms with van der Waals surface area (Å²) in [5.74, 6) is -1.21. The van der Waals surface area contributed by atoms with E-state index in [1.807, 2.05) is 0 Å². The molecule has 1 fully saturated rings. The molecular formula is C17H14ClF3N4O3. The van der Waals surface area contributed by atoms with Gasteiger partial charge in [0, 0.05) is 18.4 Å². The lowest BCUT2D eigenvalue weighted by molar-refractivity contribution is -0.137. The highest BCUT2D eigenvalue weighted by Gasteiger charge is 2.31. The van der Waals surface area contributed by atoms with Crippen LogP contribution in [0.15, 0.2) is 30.6 Å². The Morgan fingerprint density at radius 1 is 1.21 bits per heavy atom. The third-order valence-corrected chi connectivity index (χ3v) is 3.98. The number of alkyl halides is 3. The fourth-order valence-corrected chi connectivity index (χ4v) is 2.32. The Labute approximate surface area is 162 Å². The van der Waals surface area contributed by atoms with Crippen molar-refractivity contribution >= 4 is 35.1 Å². The molecule has 0 aromatic carbocycles. The Balaban J connectivity index is 1.51. The molecule has 3 rings (SSSR count). The molecule has 11 heteroatoms. The molecule has 1 amide bonds. The summed E-state index contributed by atoms with van der Waals surface area (Å²) in [4.78, 5) is 31.3. The van der Waals surface area contributed by atoms with Crippen LogP contribution in [0.2, 0.25) is 5.02 Å². The zero-order chi connectivity index (χ0) is 20.3. The summed E-state index contributed by atoms with van der Waals surface area (Å²) in [7, 11) is 0. The molecule has 2 aromatic heterocycles. The zero-order valence-corrected chi connectivity index (χ0v) is 15.0. The summed E-state index contributed by atoms with van der Waals surface area (Å²) in [6.07, 6.45) is -0.584. The van der Waals surface area contributed by atoms with E-state index in [-0.39, 0.29) is 11.4 Å². The lowest BCUT2D eigenvalue weighted by Crippen LogP contribution is -2.22. The number of pyridine rings is 2. The minimum absolute atomic E-state index is 0.153. The van der Waals surface area contributed by atoms with Gasteiger partial charge < -0.3 is 15.4 Å². The fraction of sp³-hybridized carbons (Fsp3) is 0.294. The van der Waals surface area contributed by atoms with E-state index in [4.69, 9.17) is 16.3 Å². The zero-order valence-electron chi connectivity index (χ0n) is 14.2. The monoisotopic (exact) mass is 414 g/mol. The first-order valence-electron chi connectivity index (χ1n) is 8.14. The quantitative estimate of drug-likeness (QED) is 0.702. The van der Waals surface area contributed by atoms with Crippen LogP contribution in [-0.4, -0.2) is 34.5 Å². The summed E-state index contributed by atoms with van der Waals surface area (Å²) >= 11 is 5.69. The van der Waals surface area contributed by atoms with Gasteiger partial charge in [-0.15, -0.1) is 0 Å². The number of carbonyl (C=O) groups is 2. The third-order valence-electron chi connectivity index (χ3n) is 3.69. The van der Waals surface area contributed by atoms with Crippen molar-refractivity contribution in [3.05, 3.63) is 46.7 Å². The second-order valence-corrected chi connectivity index (χ2v) is 6.43. The summed E-state index contributed by atoms with van der Waals surface area (Å²) in [5.41, 5.74) is -0.895. The number of hydrogen-bond donors (Lipinski definition) is 2. The van der Waals surface area contributed by atoms with Crippen LogP contribution >= 0.6 is 11.6 Å². The number of aromatic nitrogens is 2. The molecule has 7 nitrogen and oxygen atoms in total. The molecular weight excluding hydrogens is 401 g/mol. The summed E-state index contributed by atoms with van der Waals surface area (Å²) in [6, 6.07) is 4.19. The predicted octanol–water partition coefficient (Wildman–Crippen LogP) is 3.52. The number of anilines is 2. The molecule has 2 N–H and O–H groups in total. The van der Waals surface area contributed by atoms with Crippen molar-refractivity contribution in [1.82, 2.24) is 9.97 Å². The molecule has 2 heterocycles. The molecule has 0 bridgehead atoms. The number of esters is 1. The molecule has 0 aliphatic heterocycles. The molecule has 2 aromatic rings. The third kappa shape index (κ3) is 5.32. The Morgan fingerprint density at radius 2 is 1.96 bits per heavy atom. The van der Waals surface area contributed by atoms with Crippen molar-refractivity contribution in [2.45, 2.75) is 25.1 Å². The van der Waals surface area contributed by atoms with Gasteiger partial charge in [-0.05, 0) is 31.0 Å². The van der Waals surface area contributed by atoms with E-state index >= 15 is 0 Å². The first kappa shape index (κ1) is 19.9. The number of amides is 1. The SMILES string of the molecule is O=C(COC(=O)c1ccc(NC2CC2)nc1)Nc1ncc(C(F)(F)F)cc1Cl. The van der Waals surface area contributed by atoms with Gasteiger partial charge in [0.05, 0.1) is 16.1 Å². The Bertz CT molecular complexity index is 886. The fourth-order valence-electron chi connectivity index (χ4n) is 2.10. The molecule has 0 spiro atoms. The maximum absolute atomic E-state index is 12.6. The van der Waals surface area contributed by atoms with Crippen molar-refractivity contribution in [3.8, 4) is 0 Å². The Hall–Kier alpha value is -2.88. The topological polar surface area (TPSA) is 93.2 Å². The molecule has 0 atom stereocenters. The molecule has 1 saturated carbocycles. The smallest absolute Gasteiger partial charge is 0.417 e. The second kappa shape index (κ2) is 8.01. The first-order chi connectivity index (χ1) is 13.2. The minimum Gasteiger partial charge on any atom is -0.452 e. The number of ether oxygens (including phenoxy) is 1. The highest BCUT2D eigenvalue weighted by atomic mass is 35.5. The Kier molecular flexibility index (Phi) is 5.68. The van der Waals surface area contributed by atoms with Crippen LogP contribution in [0.3, 0.4) is 0 Å². The van der Waals surface area contributed by atoms with Crippen molar-refractivity contribution in [3.63, 3.8) is 0 Å². The summed E-state index contributed by atoms with van der Waals surface area (Å²) in [5, 5.41) is 4.95. The highest BCUT2D eigenvalue weighted by Crippen LogP contribution is 2.32. The normalized spacial score (nSPS) is 13.7. The van der Waals surface area contributed by atoms with Crippen LogP contribution in [0, 0.1) is 0 Å². The van der Waals surface area contributed by atoms with E-state index in [0.717, 1.165) is 12.8 Å². The number of carbonyl (C=O) groups excluding carboxylic acids is 2. The molecule has 0 saturated heterocycles. The van der Waals surface area contributed by atoms with Gasteiger partial charge in [0.2, 0.25) is 0 Å². The number of hydrogen-bond acceptors (Lipinski definition) is 6. The van der Waals surface area contributed by atoms with Crippen LogP contribution < -0.4 is 10.6 Å². The van der Waals surface area contributed by atoms with Crippen molar-refractivity contribution in [2.75, 3.05) is 17.2 Å². The summed E-state index contributed by atoms with van der Waals surface area (Å²) in [6.45, 7) is -0.667. The van der Waals surface area contributed by atoms with Gasteiger partial charge in [0.25, 0.3) is 5.91 Å². The van der Waals surface area contributed by atoms with Crippen LogP contribution in [-0.2, 0) is 15.7 Å². The number of nitrogens with zero attached hydrogens (tertiary/aromatic N) is 2. The van der Waals surface area contributed by atoms with Crippen molar-refractivity contribution < 1.29 is 27.5 Å². The van der Waals surface area contributed by atoms with E-state index in [9.17, 15) is 22.8 Å². The lowest BCUT2D eigenvalue weighted by Gasteiger charge is -2.10. The van der Waals surface area contributed by atoms with E-state index < -0.39 is 35.2 Å². The predicted molar refractivity (Wildman–Crippen MR) is 94.0 cm³/mol. The average Bonchev–Trinajstić information content (AvgIpc) is 3.45. The van der Waals surface area contributed by atoms with Crippen LogP contribution in [0.1, 0.15) is 28.8 Å². The molecule has 1 aliphatic carbocycles. The van der Waals surface area contributed by atoms with Crippen LogP contribution in [0.5, 0.6) is 0 Å². The molecule has 0 unspecified atom stereocenters. The minimum atomic E-state index is -4.60. The molecule has 148 valence electrons. The van der Waals surface area contributed by atoms with Gasteiger partial charge in [-0.1, -0.05) is 11.6 Å². The maximum Gasteiger partial charge on any atom is 0.417 e. The van der Waals surface area contributed by atoms with E-state index in [1.54, 1.807) is 6.07 Å². The van der Waals surface area contributed by atoms with Crippen LogP contribution in [0.4, 0.5) is 24.8 Å². The van der Waals surface area contributed by atoms with E-state index in [0.29, 0.717) is 24.1 Å². The molecule has 0 radical (unpaired) electrons. The van der Waals surface area contributed by atoms with Crippen molar-refractivity contribution in [1.29, 1.82) is 0 Å². The molecule has 28 heavy (non-hydrogen) atoms. The maximum atomic E-state index is 12.6. The average molecular weight is 415 g/mol. The van der Waals surface area contributed by atoms with Gasteiger partial charge in [0.15, 0.2) is 12.4 Å². The van der Waals surface area contributed by atoms with E-state index in [1.165, 1.54) is 12.3 Å². The number of rotatable bonds is 6. The molecule has 1 aliphatic rings. The second-order valence-electron chi connectivity index (χ2n) is 6.03. The van der Waals surface area contributed by atoms with Gasteiger partial charge in [-0.2, -0.15) is 13.2 Å². The summed E-state index contributed by atoms with van der Waals surface area (Å²) < 4.78 is 42.6. The first-order valence-corrected chi connectivity index (χ1v) is 8.52. The number of nitrogens with one attached hydrogen (secondary N) is 2. The Morgan fingerprint density at radius 3 is 2.54 bits per heavy atom. The lowest BCUT2D eigenvalue weighted by atomic mass is 10.3. The van der Waals surface area contributed by atoms with Gasteiger partial charge in [-0.3, -0.25) is 4.79 Å². The van der Waals surface area contributed by atoms with Crippen LogP contribution in [0.25, 0.3) is 0 Å². The highest BCUT2D eigenvalue weighted by molar-refractivity contribution is 6.33. The van der Waals surface area contributed by atoms with Gasteiger partial charge in [-0.25, -0.2) is 14.8 Å². The van der Waals surface area contributed by atoms with Gasteiger partial charge in [0.1, 0.15) is 5.82 Å². The van der Waals surface area contributed by atoms with Gasteiger partial charge >= 0.3 is 12.1 Å². The van der Waals surface area contributed by atoms with E-state index in [2.05, 4.69) is 20.6 Å². The largest absolute Gasteiger partial charge is 0.452 e. The number of halogens is 4.